The van der Waals surface area contributed by atoms with Crippen molar-refractivity contribution in [3.63, 3.8) is 0 Å². The second-order valence-corrected chi connectivity index (χ2v) is 8.45. The minimum Gasteiger partial charge on any atom is -0.493 e. The molecule has 3 aromatic carbocycles. The van der Waals surface area contributed by atoms with E-state index in [0.29, 0.717) is 53.4 Å². The molecule has 1 aromatic heterocycles. The number of aromatic nitrogens is 1. The van der Waals surface area contributed by atoms with Crippen molar-refractivity contribution in [2.24, 2.45) is 5.92 Å². The molecule has 7 nitrogen and oxygen atoms in total. The maximum absolute atomic E-state index is 15.1. The smallest absolute Gasteiger partial charge is 0.227 e. The van der Waals surface area contributed by atoms with Crippen molar-refractivity contribution in [3.05, 3.63) is 78.7 Å². The van der Waals surface area contributed by atoms with Crippen LogP contribution < -0.4 is 23.8 Å². The summed E-state index contributed by atoms with van der Waals surface area (Å²) in [4.78, 5) is 18.6. The summed E-state index contributed by atoms with van der Waals surface area (Å²) in [7, 11) is 3.08. The molecule has 184 valence electrons. The average molecular weight is 489 g/mol. The first-order valence-electron chi connectivity index (χ1n) is 11.5. The van der Waals surface area contributed by atoms with Crippen LogP contribution in [-0.2, 0) is 4.79 Å². The van der Waals surface area contributed by atoms with Crippen molar-refractivity contribution in [1.82, 2.24) is 4.98 Å². The lowest BCUT2D eigenvalue weighted by Gasteiger charge is -2.18. The molecule has 0 N–H and O–H groups in total. The summed E-state index contributed by atoms with van der Waals surface area (Å²) in [6, 6.07) is 19.1. The van der Waals surface area contributed by atoms with E-state index in [1.165, 1.54) is 19.2 Å². The number of ether oxygens (including phenoxy) is 4. The number of halogens is 1. The average Bonchev–Trinajstić information content (AvgIpc) is 3.28. The number of anilines is 1. The van der Waals surface area contributed by atoms with Crippen molar-refractivity contribution in [3.8, 4) is 28.7 Å². The fourth-order valence-electron chi connectivity index (χ4n) is 4.27. The molecular weight excluding hydrogens is 463 g/mol. The number of hydrogen-bond acceptors (Lipinski definition) is 6. The molecular formula is C28H25FN2O5. The van der Waals surface area contributed by atoms with Crippen LogP contribution in [-0.4, -0.2) is 38.3 Å². The first-order valence-corrected chi connectivity index (χ1v) is 11.5. The molecule has 1 atom stereocenters. The van der Waals surface area contributed by atoms with Crippen molar-refractivity contribution >= 4 is 22.5 Å². The molecule has 1 aliphatic heterocycles. The van der Waals surface area contributed by atoms with Crippen molar-refractivity contribution < 1.29 is 28.1 Å². The predicted octanol–water partition coefficient (Wildman–Crippen LogP) is 5.62. The number of fused-ring (bicyclic) bond motifs is 1. The van der Waals surface area contributed by atoms with E-state index in [9.17, 15) is 4.79 Å². The van der Waals surface area contributed by atoms with Gasteiger partial charge in [0.1, 0.15) is 11.5 Å². The zero-order valence-electron chi connectivity index (χ0n) is 19.9. The summed E-state index contributed by atoms with van der Waals surface area (Å²) < 4.78 is 37.5. The standard InChI is InChI=1S/C28H25FN2O5/c1-33-26-14-21-23(15-27(26)34-2)30-11-10-24(21)36-25-9-8-19(13-22(25)29)31-16-18(12-28(31)32)17-35-20-6-4-3-5-7-20/h3-11,13-15,18H,12,16-17H2,1-2H3. The van der Waals surface area contributed by atoms with Gasteiger partial charge in [-0.15, -0.1) is 0 Å². The van der Waals surface area contributed by atoms with Crippen LogP contribution in [0.15, 0.2) is 72.9 Å². The van der Waals surface area contributed by atoms with E-state index in [0.717, 1.165) is 5.75 Å². The molecule has 1 aliphatic rings. The second-order valence-electron chi connectivity index (χ2n) is 8.45. The number of rotatable bonds is 8. The highest BCUT2D eigenvalue weighted by atomic mass is 19.1. The Morgan fingerprint density at radius 2 is 1.72 bits per heavy atom. The number of carbonyl (C=O) groups excluding carboxylic acids is 1. The molecule has 5 rings (SSSR count). The number of para-hydroxylation sites is 1. The van der Waals surface area contributed by atoms with Crippen molar-refractivity contribution in [1.29, 1.82) is 0 Å². The van der Waals surface area contributed by atoms with E-state index in [1.807, 2.05) is 30.3 Å². The summed E-state index contributed by atoms with van der Waals surface area (Å²) in [5.41, 5.74) is 1.10. The number of benzene rings is 3. The number of nitrogens with zero attached hydrogens (tertiary/aromatic N) is 2. The normalized spacial score (nSPS) is 15.2. The zero-order chi connectivity index (χ0) is 25.1. The van der Waals surface area contributed by atoms with Gasteiger partial charge in [-0.25, -0.2) is 4.39 Å². The van der Waals surface area contributed by atoms with Crippen LogP contribution >= 0.6 is 0 Å². The predicted molar refractivity (Wildman–Crippen MR) is 134 cm³/mol. The molecule has 1 fully saturated rings. The van der Waals surface area contributed by atoms with Gasteiger partial charge < -0.3 is 23.8 Å². The third-order valence-corrected chi connectivity index (χ3v) is 6.09. The third kappa shape index (κ3) is 4.75. The Kier molecular flexibility index (Phi) is 6.58. The van der Waals surface area contributed by atoms with E-state index in [4.69, 9.17) is 18.9 Å². The summed E-state index contributed by atoms with van der Waals surface area (Å²) >= 11 is 0. The highest BCUT2D eigenvalue weighted by Gasteiger charge is 2.31. The maximum Gasteiger partial charge on any atom is 0.227 e. The van der Waals surface area contributed by atoms with Crippen LogP contribution in [0.3, 0.4) is 0 Å². The van der Waals surface area contributed by atoms with Crippen LogP contribution in [0, 0.1) is 11.7 Å². The molecule has 0 spiro atoms. The van der Waals surface area contributed by atoms with Crippen molar-refractivity contribution in [2.45, 2.75) is 6.42 Å². The van der Waals surface area contributed by atoms with E-state index in [-0.39, 0.29) is 17.6 Å². The first-order chi connectivity index (χ1) is 17.6. The number of carbonyl (C=O) groups is 1. The Morgan fingerprint density at radius 1 is 0.944 bits per heavy atom. The van der Waals surface area contributed by atoms with Gasteiger partial charge in [-0.1, -0.05) is 18.2 Å². The Hall–Kier alpha value is -4.33. The monoisotopic (exact) mass is 488 g/mol. The van der Waals surface area contributed by atoms with Gasteiger partial charge in [0.15, 0.2) is 23.1 Å². The number of pyridine rings is 1. The molecule has 0 aliphatic carbocycles. The summed E-state index contributed by atoms with van der Waals surface area (Å²) in [5, 5.41) is 0.648. The molecule has 0 bridgehead atoms. The molecule has 1 amide bonds. The Morgan fingerprint density at radius 3 is 2.47 bits per heavy atom. The van der Waals surface area contributed by atoms with E-state index >= 15 is 4.39 Å². The maximum atomic E-state index is 15.1. The Labute approximate surface area is 208 Å². The summed E-state index contributed by atoms with van der Waals surface area (Å²) in [6.45, 7) is 0.876. The van der Waals surface area contributed by atoms with Crippen LogP contribution in [0.1, 0.15) is 6.42 Å². The van der Waals surface area contributed by atoms with Crippen LogP contribution in [0.5, 0.6) is 28.7 Å². The molecule has 0 saturated carbocycles. The van der Waals surface area contributed by atoms with Gasteiger partial charge in [-0.3, -0.25) is 9.78 Å². The van der Waals surface area contributed by atoms with Gasteiger partial charge in [0, 0.05) is 48.3 Å². The lowest BCUT2D eigenvalue weighted by molar-refractivity contribution is -0.117. The highest BCUT2D eigenvalue weighted by Crippen LogP contribution is 2.38. The number of methoxy groups -OCH3 is 2. The molecule has 1 saturated heterocycles. The Bertz CT molecular complexity index is 1400. The quantitative estimate of drug-likeness (QED) is 0.321. The van der Waals surface area contributed by atoms with E-state index in [1.54, 1.807) is 42.5 Å². The Balaban J connectivity index is 1.32. The molecule has 2 heterocycles. The van der Waals surface area contributed by atoms with Crippen LogP contribution in [0.2, 0.25) is 0 Å². The van der Waals surface area contributed by atoms with E-state index in [2.05, 4.69) is 4.98 Å². The van der Waals surface area contributed by atoms with Crippen LogP contribution in [0.25, 0.3) is 10.9 Å². The molecule has 4 aromatic rings. The zero-order valence-corrected chi connectivity index (χ0v) is 19.9. The molecule has 8 heteroatoms. The van der Waals surface area contributed by atoms with Crippen LogP contribution in [0.4, 0.5) is 10.1 Å². The first kappa shape index (κ1) is 23.4. The van der Waals surface area contributed by atoms with Gasteiger partial charge in [0.2, 0.25) is 5.91 Å². The molecule has 36 heavy (non-hydrogen) atoms. The third-order valence-electron chi connectivity index (χ3n) is 6.09. The van der Waals surface area contributed by atoms with Gasteiger partial charge >= 0.3 is 0 Å². The second kappa shape index (κ2) is 10.1. The fraction of sp³-hybridized carbons (Fsp3) is 0.214. The molecule has 1 unspecified atom stereocenters. The van der Waals surface area contributed by atoms with Gasteiger partial charge in [-0.05, 0) is 36.4 Å². The van der Waals surface area contributed by atoms with E-state index < -0.39 is 5.82 Å². The minimum atomic E-state index is -0.574. The fourth-order valence-corrected chi connectivity index (χ4v) is 4.27. The minimum absolute atomic E-state index is 0.0202. The van der Waals surface area contributed by atoms with Crippen molar-refractivity contribution in [2.75, 3.05) is 32.3 Å². The number of hydrogen-bond donors (Lipinski definition) is 0. The largest absolute Gasteiger partial charge is 0.493 e. The van der Waals surface area contributed by atoms with Gasteiger partial charge in [0.05, 0.1) is 26.3 Å². The molecule has 0 radical (unpaired) electrons. The highest BCUT2D eigenvalue weighted by molar-refractivity contribution is 5.95. The van der Waals surface area contributed by atoms with Gasteiger partial charge in [0.25, 0.3) is 0 Å². The lowest BCUT2D eigenvalue weighted by atomic mass is 10.1. The number of amides is 1. The summed E-state index contributed by atoms with van der Waals surface area (Å²) in [5.74, 6) is 1.65. The van der Waals surface area contributed by atoms with Gasteiger partial charge in [-0.2, -0.15) is 0 Å². The lowest BCUT2D eigenvalue weighted by Crippen LogP contribution is -2.25. The SMILES string of the molecule is COc1cc2nccc(Oc3ccc(N4CC(COc5ccccc5)CC4=O)cc3F)c2cc1OC. The topological polar surface area (TPSA) is 70.1 Å². The summed E-state index contributed by atoms with van der Waals surface area (Å²) in [6.07, 6.45) is 1.93.